The van der Waals surface area contributed by atoms with E-state index in [0.29, 0.717) is 34.3 Å². The third-order valence-electron chi connectivity index (χ3n) is 4.98. The molecule has 0 aliphatic carbocycles. The van der Waals surface area contributed by atoms with Crippen LogP contribution in [0.3, 0.4) is 0 Å². The molecule has 2 N–H and O–H groups in total. The van der Waals surface area contributed by atoms with Crippen LogP contribution in [0.1, 0.15) is 22.3 Å². The first-order chi connectivity index (χ1) is 15.6. The molecule has 4 rings (SSSR count). The maximum atomic E-state index is 13.3. The Labute approximate surface area is 184 Å². The molecular formula is C25H21FN4O2. The fourth-order valence-corrected chi connectivity index (χ4v) is 3.31. The zero-order chi connectivity index (χ0) is 22.3. The van der Waals surface area contributed by atoms with Crippen molar-refractivity contribution in [2.45, 2.75) is 13.0 Å². The number of benzene rings is 2. The standard InChI is InChI=1S/C25H21FN4O2/c26-19-7-5-18(6-8-19)23-15-21(20-3-1-2-4-22(20)30-23)25(32)28-14-11-24(31)29-16-17-9-12-27-13-10-17/h1-10,12-13,15H,11,14,16H2,(H,28,32)(H,29,31). The predicted molar refractivity (Wildman–Crippen MR) is 120 cm³/mol. The van der Waals surface area contributed by atoms with Crippen LogP contribution in [0.15, 0.2) is 79.1 Å². The molecule has 0 aliphatic rings. The molecule has 0 saturated heterocycles. The minimum absolute atomic E-state index is 0.157. The summed E-state index contributed by atoms with van der Waals surface area (Å²) in [6.07, 6.45) is 3.49. The highest BCUT2D eigenvalue weighted by Crippen LogP contribution is 2.25. The number of aromatic nitrogens is 2. The van der Waals surface area contributed by atoms with Crippen molar-refractivity contribution in [2.75, 3.05) is 6.54 Å². The van der Waals surface area contributed by atoms with Crippen LogP contribution in [0.5, 0.6) is 0 Å². The third-order valence-corrected chi connectivity index (χ3v) is 4.98. The summed E-state index contributed by atoms with van der Waals surface area (Å²) in [5.74, 6) is -0.794. The van der Waals surface area contributed by atoms with Gasteiger partial charge in [-0.25, -0.2) is 9.37 Å². The Balaban J connectivity index is 1.44. The molecule has 2 amide bonds. The summed E-state index contributed by atoms with van der Waals surface area (Å²) >= 11 is 0. The quantitative estimate of drug-likeness (QED) is 0.468. The maximum absolute atomic E-state index is 13.3. The summed E-state index contributed by atoms with van der Waals surface area (Å²) in [5, 5.41) is 6.34. The Morgan fingerprint density at radius 2 is 1.66 bits per heavy atom. The van der Waals surface area contributed by atoms with Crippen LogP contribution in [0.2, 0.25) is 0 Å². The van der Waals surface area contributed by atoms with Crippen molar-refractivity contribution >= 4 is 22.7 Å². The molecule has 2 aromatic heterocycles. The van der Waals surface area contributed by atoms with Crippen molar-refractivity contribution < 1.29 is 14.0 Å². The lowest BCUT2D eigenvalue weighted by atomic mass is 10.0. The molecule has 6 nitrogen and oxygen atoms in total. The predicted octanol–water partition coefficient (Wildman–Crippen LogP) is 3.87. The Bertz CT molecular complexity index is 1240. The van der Waals surface area contributed by atoms with Crippen molar-refractivity contribution in [3.8, 4) is 11.3 Å². The first kappa shape index (κ1) is 21.1. The van der Waals surface area contributed by atoms with E-state index >= 15 is 0 Å². The minimum atomic E-state index is -0.338. The van der Waals surface area contributed by atoms with Gasteiger partial charge >= 0.3 is 0 Å². The van der Waals surface area contributed by atoms with E-state index in [0.717, 1.165) is 5.56 Å². The van der Waals surface area contributed by atoms with Crippen LogP contribution < -0.4 is 10.6 Å². The number of carbonyl (C=O) groups excluding carboxylic acids is 2. The second kappa shape index (κ2) is 9.78. The van der Waals surface area contributed by atoms with Gasteiger partial charge in [-0.15, -0.1) is 0 Å². The van der Waals surface area contributed by atoms with E-state index in [9.17, 15) is 14.0 Å². The van der Waals surface area contributed by atoms with Gasteiger partial charge in [0.15, 0.2) is 0 Å². The van der Waals surface area contributed by atoms with Crippen LogP contribution in [0, 0.1) is 5.82 Å². The average Bonchev–Trinajstić information content (AvgIpc) is 2.83. The molecule has 0 atom stereocenters. The van der Waals surface area contributed by atoms with Gasteiger partial charge in [-0.3, -0.25) is 14.6 Å². The smallest absolute Gasteiger partial charge is 0.252 e. The molecule has 32 heavy (non-hydrogen) atoms. The normalized spacial score (nSPS) is 10.7. The van der Waals surface area contributed by atoms with Crippen molar-refractivity contribution in [3.05, 3.63) is 96.1 Å². The van der Waals surface area contributed by atoms with E-state index < -0.39 is 0 Å². The molecule has 0 fully saturated rings. The van der Waals surface area contributed by atoms with Gasteiger partial charge in [0.05, 0.1) is 16.8 Å². The first-order valence-electron chi connectivity index (χ1n) is 10.2. The average molecular weight is 428 g/mol. The molecule has 0 bridgehead atoms. The lowest BCUT2D eigenvalue weighted by Gasteiger charge is -2.11. The number of fused-ring (bicyclic) bond motifs is 1. The van der Waals surface area contributed by atoms with E-state index in [4.69, 9.17) is 0 Å². The van der Waals surface area contributed by atoms with Gasteiger partial charge in [0.25, 0.3) is 5.91 Å². The molecule has 0 aliphatic heterocycles. The maximum Gasteiger partial charge on any atom is 0.252 e. The molecule has 2 heterocycles. The lowest BCUT2D eigenvalue weighted by Crippen LogP contribution is -2.30. The Morgan fingerprint density at radius 1 is 0.906 bits per heavy atom. The van der Waals surface area contributed by atoms with Crippen molar-refractivity contribution in [1.29, 1.82) is 0 Å². The van der Waals surface area contributed by atoms with Gasteiger partial charge in [0.1, 0.15) is 5.82 Å². The first-order valence-corrected chi connectivity index (χ1v) is 10.2. The van der Waals surface area contributed by atoms with Crippen LogP contribution in [0.4, 0.5) is 4.39 Å². The molecule has 0 saturated carbocycles. The summed E-state index contributed by atoms with van der Waals surface area (Å²) in [6.45, 7) is 0.606. The molecular weight excluding hydrogens is 407 g/mol. The SMILES string of the molecule is O=C(CCNC(=O)c1cc(-c2ccc(F)cc2)nc2ccccc12)NCc1ccncc1. The van der Waals surface area contributed by atoms with Crippen LogP contribution >= 0.6 is 0 Å². The Morgan fingerprint density at radius 3 is 2.44 bits per heavy atom. The van der Waals surface area contributed by atoms with Crippen molar-refractivity contribution in [3.63, 3.8) is 0 Å². The number of rotatable bonds is 7. The number of amides is 2. The summed E-state index contributed by atoms with van der Waals surface area (Å²) in [4.78, 5) is 33.6. The number of hydrogen-bond acceptors (Lipinski definition) is 4. The van der Waals surface area contributed by atoms with Gasteiger partial charge in [0.2, 0.25) is 5.91 Å². The molecule has 0 spiro atoms. The highest BCUT2D eigenvalue weighted by Gasteiger charge is 2.14. The van der Waals surface area contributed by atoms with Crippen LogP contribution in [0.25, 0.3) is 22.2 Å². The van der Waals surface area contributed by atoms with E-state index in [1.54, 1.807) is 30.6 Å². The number of nitrogens with zero attached hydrogens (tertiary/aromatic N) is 2. The number of halogens is 1. The third kappa shape index (κ3) is 5.13. The van der Waals surface area contributed by atoms with E-state index in [1.165, 1.54) is 12.1 Å². The van der Waals surface area contributed by atoms with Gasteiger partial charge in [-0.05, 0) is 54.1 Å². The fourth-order valence-electron chi connectivity index (χ4n) is 3.31. The second-order valence-electron chi connectivity index (χ2n) is 7.22. The number of nitrogens with one attached hydrogen (secondary N) is 2. The largest absolute Gasteiger partial charge is 0.352 e. The molecule has 7 heteroatoms. The Hall–Kier alpha value is -4.13. The molecule has 2 aromatic carbocycles. The van der Waals surface area contributed by atoms with Gasteiger partial charge in [-0.1, -0.05) is 18.2 Å². The zero-order valence-corrected chi connectivity index (χ0v) is 17.2. The molecule has 0 radical (unpaired) electrons. The van der Waals surface area contributed by atoms with Crippen molar-refractivity contribution in [1.82, 2.24) is 20.6 Å². The fraction of sp³-hybridized carbons (Fsp3) is 0.120. The summed E-state index contributed by atoms with van der Waals surface area (Å²) in [7, 11) is 0. The van der Waals surface area contributed by atoms with Crippen molar-refractivity contribution in [2.24, 2.45) is 0 Å². The van der Waals surface area contributed by atoms with Crippen LogP contribution in [-0.2, 0) is 11.3 Å². The lowest BCUT2D eigenvalue weighted by molar-refractivity contribution is -0.121. The van der Waals surface area contributed by atoms with Gasteiger partial charge in [-0.2, -0.15) is 0 Å². The highest BCUT2D eigenvalue weighted by molar-refractivity contribution is 6.07. The second-order valence-corrected chi connectivity index (χ2v) is 7.22. The molecule has 0 unspecified atom stereocenters. The van der Waals surface area contributed by atoms with E-state index in [2.05, 4.69) is 20.6 Å². The van der Waals surface area contributed by atoms with Gasteiger partial charge in [0, 0.05) is 42.9 Å². The number of para-hydroxylation sites is 1. The topological polar surface area (TPSA) is 84.0 Å². The summed E-state index contributed by atoms with van der Waals surface area (Å²) < 4.78 is 13.3. The van der Waals surface area contributed by atoms with E-state index in [-0.39, 0.29) is 30.6 Å². The monoisotopic (exact) mass is 428 g/mol. The minimum Gasteiger partial charge on any atom is -0.352 e. The van der Waals surface area contributed by atoms with Crippen LogP contribution in [-0.4, -0.2) is 28.3 Å². The Kier molecular flexibility index (Phi) is 6.46. The zero-order valence-electron chi connectivity index (χ0n) is 17.2. The number of carbonyl (C=O) groups is 2. The summed E-state index contributed by atoms with van der Waals surface area (Å²) in [5.41, 5.74) is 3.35. The number of pyridine rings is 2. The van der Waals surface area contributed by atoms with Gasteiger partial charge < -0.3 is 10.6 Å². The summed E-state index contributed by atoms with van der Waals surface area (Å²) in [6, 6.07) is 18.6. The highest BCUT2D eigenvalue weighted by atomic mass is 19.1. The van der Waals surface area contributed by atoms with E-state index in [1.807, 2.05) is 36.4 Å². The molecule has 4 aromatic rings. The number of hydrogen-bond donors (Lipinski definition) is 2. The molecule has 160 valence electrons.